The molecule has 1 amide bonds. The minimum atomic E-state index is -0.830. The molecule has 0 unspecified atom stereocenters. The van der Waals surface area contributed by atoms with Gasteiger partial charge in [0.05, 0.1) is 12.2 Å². The highest BCUT2D eigenvalue weighted by Gasteiger charge is 2.26. The predicted molar refractivity (Wildman–Crippen MR) is 78.6 cm³/mol. The number of nitrogens with zero attached hydrogens (tertiary/aromatic N) is 4. The molecule has 7 nitrogen and oxygen atoms in total. The summed E-state index contributed by atoms with van der Waals surface area (Å²) in [7, 11) is 0. The maximum Gasteiger partial charge on any atom is 0.317 e. The molecule has 1 fully saturated rings. The van der Waals surface area contributed by atoms with Gasteiger partial charge < -0.3 is 10.0 Å². The molecule has 116 valence electrons. The number of carboxylic acid groups (broad SMARTS) is 1. The van der Waals surface area contributed by atoms with Crippen LogP contribution >= 0.6 is 11.5 Å². The molecule has 0 aliphatic carbocycles. The minimum absolute atomic E-state index is 0.0292. The molecule has 1 N–H and O–H groups in total. The Labute approximate surface area is 127 Å². The first-order valence-electron chi connectivity index (χ1n) is 7.04. The summed E-state index contributed by atoms with van der Waals surface area (Å²) in [6, 6.07) is 0. The monoisotopic (exact) mass is 312 g/mol. The fourth-order valence-electron chi connectivity index (χ4n) is 2.39. The molecule has 21 heavy (non-hydrogen) atoms. The Morgan fingerprint density at radius 1 is 1.29 bits per heavy atom. The second-order valence-corrected chi connectivity index (χ2v) is 6.21. The second kappa shape index (κ2) is 6.95. The van der Waals surface area contributed by atoms with Gasteiger partial charge in [0.1, 0.15) is 4.88 Å². The van der Waals surface area contributed by atoms with Gasteiger partial charge in [0.25, 0.3) is 5.91 Å². The molecule has 0 bridgehead atoms. The highest BCUT2D eigenvalue weighted by molar-refractivity contribution is 7.08. The van der Waals surface area contributed by atoms with Crippen LogP contribution in [0.4, 0.5) is 0 Å². The Morgan fingerprint density at radius 3 is 2.71 bits per heavy atom. The van der Waals surface area contributed by atoms with Crippen LogP contribution < -0.4 is 0 Å². The van der Waals surface area contributed by atoms with E-state index in [1.165, 1.54) is 0 Å². The standard InChI is InChI=1S/C13H20N4O3S/c1-9(2)11-12(21-15-14-11)13(20)17-5-3-4-16(6-7-17)8-10(18)19/h9H,3-8H2,1-2H3,(H,18,19). The lowest BCUT2D eigenvalue weighted by Crippen LogP contribution is -2.36. The van der Waals surface area contributed by atoms with Gasteiger partial charge in [-0.1, -0.05) is 18.3 Å². The first-order valence-corrected chi connectivity index (χ1v) is 7.82. The predicted octanol–water partition coefficient (Wildman–Crippen LogP) is 0.894. The molecule has 1 saturated heterocycles. The van der Waals surface area contributed by atoms with E-state index in [9.17, 15) is 9.59 Å². The summed E-state index contributed by atoms with van der Waals surface area (Å²) in [4.78, 5) is 27.6. The highest BCUT2D eigenvalue weighted by atomic mass is 32.1. The molecule has 1 aliphatic heterocycles. The number of carboxylic acids is 1. The number of aliphatic carboxylic acids is 1. The Hall–Kier alpha value is -1.54. The maximum absolute atomic E-state index is 12.6. The van der Waals surface area contributed by atoms with Crippen LogP contribution in [0.1, 0.15) is 41.6 Å². The lowest BCUT2D eigenvalue weighted by Gasteiger charge is -2.21. The summed E-state index contributed by atoms with van der Waals surface area (Å²) in [6.45, 7) is 6.48. The minimum Gasteiger partial charge on any atom is -0.480 e. The van der Waals surface area contributed by atoms with Gasteiger partial charge in [0, 0.05) is 26.2 Å². The van der Waals surface area contributed by atoms with Gasteiger partial charge in [0.2, 0.25) is 0 Å². The molecule has 0 saturated carbocycles. The average molecular weight is 312 g/mol. The van der Waals surface area contributed by atoms with Crippen molar-refractivity contribution in [2.75, 3.05) is 32.7 Å². The van der Waals surface area contributed by atoms with Gasteiger partial charge >= 0.3 is 5.97 Å². The highest BCUT2D eigenvalue weighted by Crippen LogP contribution is 2.22. The molecule has 1 aromatic heterocycles. The van der Waals surface area contributed by atoms with E-state index in [0.29, 0.717) is 31.1 Å². The van der Waals surface area contributed by atoms with Gasteiger partial charge in [-0.15, -0.1) is 5.10 Å². The summed E-state index contributed by atoms with van der Waals surface area (Å²) in [5.74, 6) is -0.701. The van der Waals surface area contributed by atoms with Crippen molar-refractivity contribution in [1.29, 1.82) is 0 Å². The first-order chi connectivity index (χ1) is 9.99. The van der Waals surface area contributed by atoms with Gasteiger partial charge in [-0.2, -0.15) is 0 Å². The zero-order valence-corrected chi connectivity index (χ0v) is 13.1. The van der Waals surface area contributed by atoms with Crippen molar-refractivity contribution >= 4 is 23.4 Å². The van der Waals surface area contributed by atoms with E-state index in [1.807, 2.05) is 18.7 Å². The van der Waals surface area contributed by atoms with Crippen LogP contribution in [0.25, 0.3) is 0 Å². The molecule has 0 radical (unpaired) electrons. The Morgan fingerprint density at radius 2 is 2.05 bits per heavy atom. The molecular weight excluding hydrogens is 292 g/mol. The van der Waals surface area contributed by atoms with Crippen molar-refractivity contribution in [3.05, 3.63) is 10.6 Å². The Kier molecular flexibility index (Phi) is 5.24. The van der Waals surface area contributed by atoms with Gasteiger partial charge in [-0.25, -0.2) is 0 Å². The SMILES string of the molecule is CC(C)c1nnsc1C(=O)N1CCCN(CC(=O)O)CC1. The van der Waals surface area contributed by atoms with E-state index < -0.39 is 5.97 Å². The van der Waals surface area contributed by atoms with E-state index in [-0.39, 0.29) is 18.4 Å². The van der Waals surface area contributed by atoms with Crippen LogP contribution in [-0.4, -0.2) is 69.1 Å². The molecule has 1 aliphatic rings. The molecule has 0 aromatic carbocycles. The summed E-state index contributed by atoms with van der Waals surface area (Å²) >= 11 is 1.14. The van der Waals surface area contributed by atoms with Crippen molar-refractivity contribution < 1.29 is 14.7 Å². The van der Waals surface area contributed by atoms with E-state index in [2.05, 4.69) is 9.59 Å². The topological polar surface area (TPSA) is 86.6 Å². The fraction of sp³-hybridized carbons (Fsp3) is 0.692. The van der Waals surface area contributed by atoms with Crippen molar-refractivity contribution in [2.24, 2.45) is 0 Å². The van der Waals surface area contributed by atoms with E-state index in [4.69, 9.17) is 5.11 Å². The third kappa shape index (κ3) is 3.98. The first kappa shape index (κ1) is 15.8. The lowest BCUT2D eigenvalue weighted by molar-refractivity contribution is -0.138. The molecule has 2 rings (SSSR count). The Bertz CT molecular complexity index is 517. The zero-order chi connectivity index (χ0) is 15.4. The molecule has 2 heterocycles. The molecule has 0 atom stereocenters. The van der Waals surface area contributed by atoms with E-state index in [1.54, 1.807) is 4.90 Å². The number of rotatable bonds is 4. The third-order valence-corrected chi connectivity index (χ3v) is 4.22. The third-order valence-electron chi connectivity index (χ3n) is 3.49. The lowest BCUT2D eigenvalue weighted by atomic mass is 10.1. The van der Waals surface area contributed by atoms with Crippen LogP contribution in [0.5, 0.6) is 0 Å². The number of hydrogen-bond donors (Lipinski definition) is 1. The smallest absolute Gasteiger partial charge is 0.317 e. The Balaban J connectivity index is 2.03. The summed E-state index contributed by atoms with van der Waals surface area (Å²) in [6.07, 6.45) is 0.780. The fourth-order valence-corrected chi connectivity index (χ4v) is 3.18. The maximum atomic E-state index is 12.6. The van der Waals surface area contributed by atoms with Crippen molar-refractivity contribution in [3.63, 3.8) is 0 Å². The van der Waals surface area contributed by atoms with E-state index >= 15 is 0 Å². The number of aromatic nitrogens is 2. The van der Waals surface area contributed by atoms with Crippen LogP contribution in [-0.2, 0) is 4.79 Å². The quantitative estimate of drug-likeness (QED) is 0.888. The van der Waals surface area contributed by atoms with Crippen LogP contribution in [0.15, 0.2) is 0 Å². The number of carbonyl (C=O) groups is 2. The summed E-state index contributed by atoms with van der Waals surface area (Å²) in [5.41, 5.74) is 0.747. The normalized spacial score (nSPS) is 17.0. The molecular formula is C13H20N4O3S. The van der Waals surface area contributed by atoms with Crippen molar-refractivity contribution in [2.45, 2.75) is 26.2 Å². The average Bonchev–Trinajstić information content (AvgIpc) is 2.79. The largest absolute Gasteiger partial charge is 0.480 e. The summed E-state index contributed by atoms with van der Waals surface area (Å²) in [5, 5.41) is 12.9. The number of carbonyl (C=O) groups excluding carboxylic acids is 1. The van der Waals surface area contributed by atoms with Crippen molar-refractivity contribution in [1.82, 2.24) is 19.4 Å². The number of amides is 1. The van der Waals surface area contributed by atoms with Crippen LogP contribution in [0, 0.1) is 0 Å². The van der Waals surface area contributed by atoms with Gasteiger partial charge in [-0.05, 0) is 23.9 Å². The zero-order valence-electron chi connectivity index (χ0n) is 12.3. The summed E-state index contributed by atoms with van der Waals surface area (Å²) < 4.78 is 3.89. The van der Waals surface area contributed by atoms with Gasteiger partial charge in [0.15, 0.2) is 0 Å². The van der Waals surface area contributed by atoms with Gasteiger partial charge in [-0.3, -0.25) is 14.5 Å². The van der Waals surface area contributed by atoms with E-state index in [0.717, 1.165) is 23.6 Å². The second-order valence-electron chi connectivity index (χ2n) is 5.46. The van der Waals surface area contributed by atoms with Crippen LogP contribution in [0.3, 0.4) is 0 Å². The molecule has 8 heteroatoms. The molecule has 1 aromatic rings. The molecule has 0 spiro atoms. The number of hydrogen-bond acceptors (Lipinski definition) is 6. The van der Waals surface area contributed by atoms with Crippen LogP contribution in [0.2, 0.25) is 0 Å². The van der Waals surface area contributed by atoms with Crippen molar-refractivity contribution in [3.8, 4) is 0 Å².